The van der Waals surface area contributed by atoms with Gasteiger partial charge in [-0.3, -0.25) is 4.79 Å². The molecule has 0 aliphatic rings. The van der Waals surface area contributed by atoms with E-state index in [-0.39, 0.29) is 19.0 Å². The monoisotopic (exact) mass is 234 g/mol. The summed E-state index contributed by atoms with van der Waals surface area (Å²) in [6.45, 7) is 4.21. The number of esters is 1. The fraction of sp³-hybridized carbons (Fsp3) is 0.357. The Kier molecular flexibility index (Phi) is 5.43. The van der Waals surface area contributed by atoms with Crippen molar-refractivity contribution in [3.05, 3.63) is 41.0 Å². The third-order valence-corrected chi connectivity index (χ3v) is 2.41. The maximum absolute atomic E-state index is 11.1. The normalized spacial score (nSPS) is 10.8. The van der Waals surface area contributed by atoms with Crippen molar-refractivity contribution in [3.63, 3.8) is 0 Å². The van der Waals surface area contributed by atoms with Gasteiger partial charge in [-0.2, -0.15) is 0 Å². The molecule has 17 heavy (non-hydrogen) atoms. The molecule has 3 nitrogen and oxygen atoms in total. The van der Waals surface area contributed by atoms with E-state index in [9.17, 15) is 4.79 Å². The van der Waals surface area contributed by atoms with Gasteiger partial charge in [0.05, 0.1) is 19.6 Å². The molecule has 0 fully saturated rings. The third-order valence-electron chi connectivity index (χ3n) is 2.41. The predicted octanol–water partition coefficient (Wildman–Crippen LogP) is 2.45. The molecule has 0 saturated carbocycles. The van der Waals surface area contributed by atoms with Gasteiger partial charge in [-0.1, -0.05) is 24.3 Å². The van der Waals surface area contributed by atoms with Gasteiger partial charge >= 0.3 is 5.97 Å². The van der Waals surface area contributed by atoms with Crippen LogP contribution >= 0.6 is 0 Å². The molecule has 0 aliphatic heterocycles. The number of aryl methyl sites for hydroxylation is 1. The number of rotatable bonds is 5. The minimum absolute atomic E-state index is 0.0268. The average Bonchev–Trinajstić information content (AvgIpc) is 2.32. The molecule has 92 valence electrons. The lowest BCUT2D eigenvalue weighted by atomic mass is 10.0. The molecule has 0 heterocycles. The van der Waals surface area contributed by atoms with Crippen LogP contribution in [0.25, 0.3) is 6.08 Å². The summed E-state index contributed by atoms with van der Waals surface area (Å²) in [4.78, 5) is 11.1. The Bertz CT molecular complexity index is 408. The minimum atomic E-state index is -0.222. The molecule has 1 rings (SSSR count). The maximum atomic E-state index is 11.1. The van der Waals surface area contributed by atoms with E-state index in [4.69, 9.17) is 9.84 Å². The summed E-state index contributed by atoms with van der Waals surface area (Å²) in [5, 5.41) is 9.04. The van der Waals surface area contributed by atoms with Crippen molar-refractivity contribution >= 4 is 12.0 Å². The van der Waals surface area contributed by atoms with Crippen LogP contribution in [0.4, 0.5) is 0 Å². The van der Waals surface area contributed by atoms with Crippen LogP contribution in [0.15, 0.2) is 24.3 Å². The molecule has 0 spiro atoms. The molecule has 0 unspecified atom stereocenters. The van der Waals surface area contributed by atoms with Crippen molar-refractivity contribution in [3.8, 4) is 0 Å². The molecule has 1 aromatic carbocycles. The molecule has 1 aromatic rings. The van der Waals surface area contributed by atoms with Gasteiger partial charge in [-0.15, -0.1) is 0 Å². The molecular formula is C14H18O3. The van der Waals surface area contributed by atoms with Crippen LogP contribution in [-0.2, 0) is 16.1 Å². The van der Waals surface area contributed by atoms with Gasteiger partial charge in [0.1, 0.15) is 0 Å². The number of ether oxygens (including phenoxy) is 1. The summed E-state index contributed by atoms with van der Waals surface area (Å²) in [5.74, 6) is -0.222. The fourth-order valence-corrected chi connectivity index (χ4v) is 1.47. The van der Waals surface area contributed by atoms with Crippen LogP contribution in [0.3, 0.4) is 0 Å². The van der Waals surface area contributed by atoms with Crippen LogP contribution in [-0.4, -0.2) is 17.7 Å². The van der Waals surface area contributed by atoms with E-state index in [0.717, 1.165) is 16.7 Å². The van der Waals surface area contributed by atoms with Crippen molar-refractivity contribution in [1.29, 1.82) is 0 Å². The first kappa shape index (κ1) is 13.5. The summed E-state index contributed by atoms with van der Waals surface area (Å²) < 4.78 is 4.82. The van der Waals surface area contributed by atoms with E-state index in [0.29, 0.717) is 6.61 Å². The molecule has 3 heteroatoms. The first-order valence-electron chi connectivity index (χ1n) is 5.70. The highest BCUT2D eigenvalue weighted by Crippen LogP contribution is 2.13. The van der Waals surface area contributed by atoms with E-state index in [2.05, 4.69) is 0 Å². The van der Waals surface area contributed by atoms with Crippen LogP contribution in [0, 0.1) is 6.92 Å². The van der Waals surface area contributed by atoms with Crippen molar-refractivity contribution in [1.82, 2.24) is 0 Å². The van der Waals surface area contributed by atoms with E-state index < -0.39 is 0 Å². The lowest BCUT2D eigenvalue weighted by Crippen LogP contribution is -2.01. The number of benzene rings is 1. The Balaban J connectivity index is 2.67. The summed E-state index contributed by atoms with van der Waals surface area (Å²) in [5.41, 5.74) is 2.99. The van der Waals surface area contributed by atoms with Gasteiger partial charge in [-0.25, -0.2) is 0 Å². The number of aliphatic hydroxyl groups excluding tert-OH is 1. The zero-order chi connectivity index (χ0) is 12.7. The number of aliphatic hydroxyl groups is 1. The van der Waals surface area contributed by atoms with Crippen molar-refractivity contribution in [2.45, 2.75) is 26.9 Å². The zero-order valence-corrected chi connectivity index (χ0v) is 10.3. The molecule has 0 saturated heterocycles. The smallest absolute Gasteiger partial charge is 0.309 e. The average molecular weight is 234 g/mol. The van der Waals surface area contributed by atoms with Crippen LogP contribution < -0.4 is 0 Å². The predicted molar refractivity (Wildman–Crippen MR) is 67.4 cm³/mol. The van der Waals surface area contributed by atoms with Gasteiger partial charge in [0.2, 0.25) is 0 Å². The van der Waals surface area contributed by atoms with E-state index in [1.54, 1.807) is 13.0 Å². The first-order chi connectivity index (χ1) is 8.17. The Morgan fingerprint density at radius 3 is 2.88 bits per heavy atom. The Morgan fingerprint density at radius 2 is 2.24 bits per heavy atom. The van der Waals surface area contributed by atoms with Gasteiger partial charge in [0.25, 0.3) is 0 Å². The van der Waals surface area contributed by atoms with Gasteiger partial charge < -0.3 is 9.84 Å². The first-order valence-corrected chi connectivity index (χ1v) is 5.70. The van der Waals surface area contributed by atoms with E-state index >= 15 is 0 Å². The van der Waals surface area contributed by atoms with Gasteiger partial charge in [0.15, 0.2) is 0 Å². The second-order valence-corrected chi connectivity index (χ2v) is 3.76. The van der Waals surface area contributed by atoms with Gasteiger partial charge in [0, 0.05) is 0 Å². The number of carbonyl (C=O) groups excluding carboxylic acids is 1. The molecule has 0 radical (unpaired) electrons. The maximum Gasteiger partial charge on any atom is 0.309 e. The lowest BCUT2D eigenvalue weighted by molar-refractivity contribution is -0.142. The molecule has 1 N–H and O–H groups in total. The van der Waals surface area contributed by atoms with Crippen molar-refractivity contribution in [2.24, 2.45) is 0 Å². The zero-order valence-electron chi connectivity index (χ0n) is 10.3. The second kappa shape index (κ2) is 6.86. The highest BCUT2D eigenvalue weighted by atomic mass is 16.5. The highest BCUT2D eigenvalue weighted by molar-refractivity contribution is 5.72. The number of hydrogen-bond acceptors (Lipinski definition) is 3. The number of hydrogen-bond donors (Lipinski definition) is 1. The molecule has 0 bridgehead atoms. The SMILES string of the molecule is CCOC(=O)CC=Cc1cc(CO)ccc1C. The molecule has 0 amide bonds. The summed E-state index contributed by atoms with van der Waals surface area (Å²) >= 11 is 0. The van der Waals surface area contributed by atoms with Gasteiger partial charge in [-0.05, 0) is 36.6 Å². The number of carbonyl (C=O) groups is 1. The Labute approximate surface area is 102 Å². The topological polar surface area (TPSA) is 46.5 Å². The molecule has 0 aliphatic carbocycles. The van der Waals surface area contributed by atoms with E-state index in [1.807, 2.05) is 31.2 Å². The minimum Gasteiger partial charge on any atom is -0.466 e. The summed E-state index contributed by atoms with van der Waals surface area (Å²) in [7, 11) is 0. The fourth-order valence-electron chi connectivity index (χ4n) is 1.47. The van der Waals surface area contributed by atoms with E-state index in [1.165, 1.54) is 0 Å². The Morgan fingerprint density at radius 1 is 1.47 bits per heavy atom. The van der Waals surface area contributed by atoms with Crippen molar-refractivity contribution in [2.75, 3.05) is 6.61 Å². The summed E-state index contributed by atoms with van der Waals surface area (Å²) in [6, 6.07) is 5.75. The largest absolute Gasteiger partial charge is 0.466 e. The van der Waals surface area contributed by atoms with Crippen LogP contribution in [0.2, 0.25) is 0 Å². The highest BCUT2D eigenvalue weighted by Gasteiger charge is 1.99. The lowest BCUT2D eigenvalue weighted by Gasteiger charge is -2.03. The van der Waals surface area contributed by atoms with Crippen molar-refractivity contribution < 1.29 is 14.6 Å². The standard InChI is InChI=1S/C14H18O3/c1-3-17-14(16)6-4-5-13-9-12(10-15)8-7-11(13)2/h4-5,7-9,15H,3,6,10H2,1-2H3. The molecule has 0 aromatic heterocycles. The summed E-state index contributed by atoms with van der Waals surface area (Å²) in [6.07, 6.45) is 3.93. The second-order valence-electron chi connectivity index (χ2n) is 3.76. The Hall–Kier alpha value is -1.61. The van der Waals surface area contributed by atoms with Crippen LogP contribution in [0.5, 0.6) is 0 Å². The quantitative estimate of drug-likeness (QED) is 0.796. The molecular weight excluding hydrogens is 216 g/mol. The molecule has 0 atom stereocenters. The van der Waals surface area contributed by atoms with Crippen LogP contribution in [0.1, 0.15) is 30.0 Å². The third kappa shape index (κ3) is 4.41.